The van der Waals surface area contributed by atoms with Gasteiger partial charge in [0.1, 0.15) is 5.82 Å². The van der Waals surface area contributed by atoms with Crippen molar-refractivity contribution in [1.29, 1.82) is 0 Å². The minimum atomic E-state index is -0.514. The van der Waals surface area contributed by atoms with E-state index in [1.807, 2.05) is 4.90 Å². The molecular weight excluding hydrogens is 289 g/mol. The smallest absolute Gasteiger partial charge is 0.229 e. The molecule has 1 aliphatic rings. The van der Waals surface area contributed by atoms with E-state index in [9.17, 15) is 9.18 Å². The lowest BCUT2D eigenvalue weighted by molar-refractivity contribution is -0.122. The van der Waals surface area contributed by atoms with Gasteiger partial charge in [-0.1, -0.05) is 0 Å². The summed E-state index contributed by atoms with van der Waals surface area (Å²) in [5.74, 6) is -0.223. The minimum absolute atomic E-state index is 0.0634. The number of nitrogens with two attached hydrogens (primary N) is 1. The van der Waals surface area contributed by atoms with Crippen molar-refractivity contribution in [3.8, 4) is 0 Å². The Hall–Kier alpha value is -1.17. The van der Waals surface area contributed by atoms with Crippen LogP contribution in [0.4, 0.5) is 10.2 Å². The van der Waals surface area contributed by atoms with Crippen LogP contribution >= 0.6 is 15.9 Å². The largest absolute Gasteiger partial charge is 0.369 e. The topological polar surface area (TPSA) is 59.2 Å². The third kappa shape index (κ3) is 2.74. The van der Waals surface area contributed by atoms with Gasteiger partial charge in [-0.05, 0) is 40.9 Å². The van der Waals surface area contributed by atoms with Gasteiger partial charge in [0, 0.05) is 19.0 Å². The zero-order chi connectivity index (χ0) is 12.4. The Morgan fingerprint density at radius 3 is 2.65 bits per heavy atom. The average Bonchev–Trinajstić information content (AvgIpc) is 2.33. The lowest BCUT2D eigenvalue weighted by Gasteiger charge is -2.31. The maximum atomic E-state index is 13.3. The molecule has 4 nitrogen and oxygen atoms in total. The fourth-order valence-electron chi connectivity index (χ4n) is 1.98. The van der Waals surface area contributed by atoms with Crippen molar-refractivity contribution in [3.05, 3.63) is 22.6 Å². The van der Waals surface area contributed by atoms with Crippen molar-refractivity contribution in [2.45, 2.75) is 12.8 Å². The summed E-state index contributed by atoms with van der Waals surface area (Å²) in [6, 6.07) is 3.40. The maximum Gasteiger partial charge on any atom is 0.229 e. The van der Waals surface area contributed by atoms with Crippen LogP contribution in [0.2, 0.25) is 0 Å². The summed E-state index contributed by atoms with van der Waals surface area (Å²) in [4.78, 5) is 16.8. The van der Waals surface area contributed by atoms with Gasteiger partial charge >= 0.3 is 0 Å². The highest BCUT2D eigenvalue weighted by atomic mass is 79.9. The van der Waals surface area contributed by atoms with Gasteiger partial charge < -0.3 is 10.6 Å². The van der Waals surface area contributed by atoms with E-state index in [-0.39, 0.29) is 11.8 Å². The highest BCUT2D eigenvalue weighted by Gasteiger charge is 2.24. The second kappa shape index (κ2) is 5.00. The molecule has 17 heavy (non-hydrogen) atoms. The molecule has 0 aromatic carbocycles. The van der Waals surface area contributed by atoms with Crippen LogP contribution < -0.4 is 10.6 Å². The molecule has 2 N–H and O–H groups in total. The minimum Gasteiger partial charge on any atom is -0.369 e. The van der Waals surface area contributed by atoms with Gasteiger partial charge in [-0.2, -0.15) is 4.39 Å². The molecule has 6 heteroatoms. The number of piperidine rings is 1. The highest BCUT2D eigenvalue weighted by Crippen LogP contribution is 2.23. The van der Waals surface area contributed by atoms with E-state index in [2.05, 4.69) is 20.9 Å². The third-order valence-corrected chi connectivity index (χ3v) is 3.60. The van der Waals surface area contributed by atoms with Crippen LogP contribution in [0.15, 0.2) is 16.6 Å². The van der Waals surface area contributed by atoms with E-state index in [1.54, 1.807) is 12.1 Å². The number of hydrogen-bond donors (Lipinski definition) is 1. The second-order valence-electron chi connectivity index (χ2n) is 4.11. The van der Waals surface area contributed by atoms with Crippen molar-refractivity contribution in [2.24, 2.45) is 11.7 Å². The van der Waals surface area contributed by atoms with E-state index >= 15 is 0 Å². The molecule has 0 unspecified atom stereocenters. The Balaban J connectivity index is 2.05. The first-order valence-electron chi connectivity index (χ1n) is 5.44. The summed E-state index contributed by atoms with van der Waals surface area (Å²) in [5.41, 5.74) is 5.26. The standard InChI is InChI=1S/C11H13BrFN3O/c12-8-1-2-9(15-10(8)13)16-5-3-7(4-6-16)11(14)17/h1-2,7H,3-6H2,(H2,14,17). The van der Waals surface area contributed by atoms with Gasteiger partial charge in [0.25, 0.3) is 0 Å². The molecular formula is C11H13BrFN3O. The van der Waals surface area contributed by atoms with E-state index in [0.717, 1.165) is 0 Å². The van der Waals surface area contributed by atoms with Gasteiger partial charge in [-0.3, -0.25) is 4.79 Å². The first-order chi connectivity index (χ1) is 8.08. The molecule has 1 aliphatic heterocycles. The summed E-state index contributed by atoms with van der Waals surface area (Å²) in [5, 5.41) is 0. The second-order valence-corrected chi connectivity index (χ2v) is 4.96. The van der Waals surface area contributed by atoms with Gasteiger partial charge in [0.15, 0.2) is 0 Å². The van der Waals surface area contributed by atoms with Crippen molar-refractivity contribution in [1.82, 2.24) is 4.98 Å². The number of hydrogen-bond acceptors (Lipinski definition) is 3. The van der Waals surface area contributed by atoms with E-state index in [0.29, 0.717) is 36.2 Å². The van der Waals surface area contributed by atoms with Crippen LogP contribution in [0.3, 0.4) is 0 Å². The molecule has 0 radical (unpaired) electrons. The summed E-state index contributed by atoms with van der Waals surface area (Å²) < 4.78 is 13.6. The molecule has 0 bridgehead atoms. The van der Waals surface area contributed by atoms with Crippen LogP contribution in [0.25, 0.3) is 0 Å². The van der Waals surface area contributed by atoms with Gasteiger partial charge in [0.05, 0.1) is 4.47 Å². The molecule has 2 heterocycles. The fourth-order valence-corrected chi connectivity index (χ4v) is 2.20. The van der Waals surface area contributed by atoms with Crippen LogP contribution in [-0.4, -0.2) is 24.0 Å². The predicted molar refractivity (Wildman–Crippen MR) is 66.0 cm³/mol. The van der Waals surface area contributed by atoms with E-state index in [1.165, 1.54) is 0 Å². The molecule has 1 amide bonds. The van der Waals surface area contributed by atoms with Crippen LogP contribution in [0.5, 0.6) is 0 Å². The normalized spacial score (nSPS) is 17.2. The predicted octanol–water partition coefficient (Wildman–Crippen LogP) is 1.68. The molecule has 2 rings (SSSR count). The van der Waals surface area contributed by atoms with Crippen molar-refractivity contribution in [2.75, 3.05) is 18.0 Å². The Morgan fingerprint density at radius 1 is 1.47 bits per heavy atom. The van der Waals surface area contributed by atoms with Crippen molar-refractivity contribution >= 4 is 27.7 Å². The Labute approximate surface area is 107 Å². The lowest BCUT2D eigenvalue weighted by Crippen LogP contribution is -2.39. The summed E-state index contributed by atoms with van der Waals surface area (Å²) in [6.07, 6.45) is 1.41. The quantitative estimate of drug-likeness (QED) is 0.846. The molecule has 0 spiro atoms. The monoisotopic (exact) mass is 301 g/mol. The zero-order valence-electron chi connectivity index (χ0n) is 9.20. The van der Waals surface area contributed by atoms with Gasteiger partial charge in [-0.25, -0.2) is 4.98 Å². The number of carbonyl (C=O) groups is 1. The van der Waals surface area contributed by atoms with E-state index < -0.39 is 5.95 Å². The van der Waals surface area contributed by atoms with Crippen molar-refractivity contribution in [3.63, 3.8) is 0 Å². The third-order valence-electron chi connectivity index (χ3n) is 3.01. The number of anilines is 1. The first kappa shape index (κ1) is 12.3. The number of aromatic nitrogens is 1. The molecule has 92 valence electrons. The maximum absolute atomic E-state index is 13.3. The summed E-state index contributed by atoms with van der Waals surface area (Å²) in [6.45, 7) is 1.36. The molecule has 0 saturated carbocycles. The lowest BCUT2D eigenvalue weighted by atomic mass is 9.96. The van der Waals surface area contributed by atoms with Crippen LogP contribution in [0.1, 0.15) is 12.8 Å². The molecule has 0 aliphatic carbocycles. The first-order valence-corrected chi connectivity index (χ1v) is 6.23. The SMILES string of the molecule is NC(=O)C1CCN(c2ccc(Br)c(F)n2)CC1. The molecule has 0 atom stereocenters. The van der Waals surface area contributed by atoms with Crippen molar-refractivity contribution < 1.29 is 9.18 Å². The Morgan fingerprint density at radius 2 is 2.12 bits per heavy atom. The summed E-state index contributed by atoms with van der Waals surface area (Å²) in [7, 11) is 0. The number of nitrogens with zero attached hydrogens (tertiary/aromatic N) is 2. The van der Waals surface area contributed by atoms with Crippen LogP contribution in [-0.2, 0) is 4.79 Å². The van der Waals surface area contributed by atoms with Crippen LogP contribution in [0, 0.1) is 11.9 Å². The Kier molecular flexibility index (Phi) is 3.61. The number of pyridine rings is 1. The zero-order valence-corrected chi connectivity index (χ0v) is 10.8. The summed E-state index contributed by atoms with van der Waals surface area (Å²) >= 11 is 3.06. The number of carbonyl (C=O) groups excluding carboxylic acids is 1. The van der Waals surface area contributed by atoms with Gasteiger partial charge in [0.2, 0.25) is 11.9 Å². The molecule has 1 saturated heterocycles. The number of primary amides is 1. The average molecular weight is 302 g/mol. The molecule has 1 aromatic heterocycles. The van der Waals surface area contributed by atoms with E-state index in [4.69, 9.17) is 5.73 Å². The fraction of sp³-hybridized carbons (Fsp3) is 0.455. The number of amides is 1. The van der Waals surface area contributed by atoms with Gasteiger partial charge in [-0.15, -0.1) is 0 Å². The number of halogens is 2. The Bertz CT molecular complexity index is 433. The number of rotatable bonds is 2. The molecule has 1 fully saturated rings. The highest BCUT2D eigenvalue weighted by molar-refractivity contribution is 9.10. The molecule has 1 aromatic rings.